The number of phenols is 1. The normalized spacial score (nSPS) is 17.6. The van der Waals surface area contributed by atoms with Gasteiger partial charge in [-0.15, -0.1) is 0 Å². The van der Waals surface area contributed by atoms with Gasteiger partial charge in [0.05, 0.1) is 17.7 Å². The van der Waals surface area contributed by atoms with Crippen LogP contribution >= 0.6 is 0 Å². The summed E-state index contributed by atoms with van der Waals surface area (Å²) in [5.74, 6) is -0.975. The fourth-order valence-electron chi connectivity index (χ4n) is 3.69. The molecule has 1 saturated heterocycles. The average Bonchev–Trinajstić information content (AvgIpc) is 3.32. The molecule has 6 N–H and O–H groups in total. The Hall–Kier alpha value is -3.30. The number of nitrogens with zero attached hydrogens (tertiary/aromatic N) is 1. The Morgan fingerprint density at radius 3 is 2.39 bits per heavy atom. The molecule has 10 nitrogen and oxygen atoms in total. The van der Waals surface area contributed by atoms with Crippen LogP contribution in [0.2, 0.25) is 0 Å². The van der Waals surface area contributed by atoms with Crippen LogP contribution in [0.25, 0.3) is 0 Å². The number of ketones is 1. The van der Waals surface area contributed by atoms with Crippen LogP contribution in [0.15, 0.2) is 48.5 Å². The molecule has 174 valence electrons. The summed E-state index contributed by atoms with van der Waals surface area (Å²) in [4.78, 5) is 26.4. The van der Waals surface area contributed by atoms with Crippen molar-refractivity contribution in [2.45, 2.75) is 37.4 Å². The van der Waals surface area contributed by atoms with E-state index in [1.165, 1.54) is 12.1 Å². The number of nitrogens with two attached hydrogens (primary N) is 1. The molecule has 2 aromatic rings. The number of nitrogens with one attached hydrogen (secondary N) is 3. The first-order valence-electron chi connectivity index (χ1n) is 10.3. The lowest BCUT2D eigenvalue weighted by molar-refractivity contribution is -0.129. The average molecular weight is 472 g/mol. The fourth-order valence-corrected chi connectivity index (χ4v) is 4.28. The lowest BCUT2D eigenvalue weighted by atomic mass is 9.95. The molecule has 0 radical (unpaired) electrons. The molecule has 0 aromatic heterocycles. The molecule has 1 fully saturated rings. The summed E-state index contributed by atoms with van der Waals surface area (Å²) in [6.45, 7) is 0.681. The molecule has 0 aliphatic carbocycles. The molecule has 2 aromatic carbocycles. The molecule has 3 atom stereocenters. The molecule has 1 heterocycles. The van der Waals surface area contributed by atoms with Crippen LogP contribution < -0.4 is 20.5 Å². The second-order valence-electron chi connectivity index (χ2n) is 7.81. The number of aromatic hydroxyl groups is 1. The van der Waals surface area contributed by atoms with E-state index in [-0.39, 0.29) is 18.0 Å². The van der Waals surface area contributed by atoms with Gasteiger partial charge in [-0.2, -0.15) is 18.4 Å². The van der Waals surface area contributed by atoms with Gasteiger partial charge in [-0.25, -0.2) is 5.14 Å². The molecule has 0 bridgehead atoms. The number of phenolic OH excluding ortho intramolecular Hbond substituents is 1. The second kappa shape index (κ2) is 10.5. The first-order chi connectivity index (χ1) is 15.7. The van der Waals surface area contributed by atoms with Crippen molar-refractivity contribution in [3.05, 3.63) is 65.2 Å². The maximum Gasteiger partial charge on any atom is 0.275 e. The van der Waals surface area contributed by atoms with Crippen molar-refractivity contribution in [3.8, 4) is 11.8 Å². The minimum Gasteiger partial charge on any atom is -0.508 e. The van der Waals surface area contributed by atoms with Gasteiger partial charge in [0, 0.05) is 0 Å². The van der Waals surface area contributed by atoms with E-state index in [0.29, 0.717) is 29.7 Å². The van der Waals surface area contributed by atoms with Gasteiger partial charge in [-0.3, -0.25) is 9.59 Å². The third kappa shape index (κ3) is 6.84. The highest BCUT2D eigenvalue weighted by atomic mass is 32.2. The zero-order chi connectivity index (χ0) is 24.0. The largest absolute Gasteiger partial charge is 0.508 e. The van der Waals surface area contributed by atoms with Gasteiger partial charge in [-0.05, 0) is 61.2 Å². The zero-order valence-electron chi connectivity index (χ0n) is 17.7. The molecular weight excluding hydrogens is 446 g/mol. The van der Waals surface area contributed by atoms with Gasteiger partial charge in [0.2, 0.25) is 5.91 Å². The summed E-state index contributed by atoms with van der Waals surface area (Å²) in [5.41, 5.74) is 1.44. The molecule has 0 spiro atoms. The highest BCUT2D eigenvalue weighted by molar-refractivity contribution is 7.87. The summed E-state index contributed by atoms with van der Waals surface area (Å²) >= 11 is 0. The number of amides is 1. The first-order valence-corrected chi connectivity index (χ1v) is 11.9. The molecule has 1 aliphatic heterocycles. The van der Waals surface area contributed by atoms with Crippen LogP contribution in [-0.4, -0.2) is 43.8 Å². The number of nitriles is 1. The monoisotopic (exact) mass is 471 g/mol. The quantitative estimate of drug-likeness (QED) is 0.346. The number of rotatable bonds is 9. The van der Waals surface area contributed by atoms with Gasteiger partial charge in [0.25, 0.3) is 10.2 Å². The Balaban J connectivity index is 1.87. The van der Waals surface area contributed by atoms with Crippen molar-refractivity contribution in [1.29, 1.82) is 5.26 Å². The van der Waals surface area contributed by atoms with Crippen LogP contribution in [0.1, 0.15) is 35.6 Å². The van der Waals surface area contributed by atoms with E-state index in [9.17, 15) is 23.1 Å². The predicted molar refractivity (Wildman–Crippen MR) is 120 cm³/mol. The molecular formula is C22H25N5O5S. The molecule has 1 unspecified atom stereocenters. The highest BCUT2D eigenvalue weighted by Gasteiger charge is 2.33. The van der Waals surface area contributed by atoms with E-state index < -0.39 is 34.2 Å². The maximum absolute atomic E-state index is 13.2. The van der Waals surface area contributed by atoms with Crippen molar-refractivity contribution in [3.63, 3.8) is 0 Å². The predicted octanol–water partition coefficient (Wildman–Crippen LogP) is 0.147. The minimum atomic E-state index is -4.24. The van der Waals surface area contributed by atoms with E-state index in [2.05, 4.69) is 15.4 Å². The third-order valence-electron chi connectivity index (χ3n) is 5.35. The van der Waals surface area contributed by atoms with Gasteiger partial charge < -0.3 is 15.7 Å². The fraction of sp³-hybridized carbons (Fsp3) is 0.318. The molecule has 1 amide bonds. The minimum absolute atomic E-state index is 0.0229. The maximum atomic E-state index is 13.2. The topological polar surface area (TPSA) is 174 Å². The lowest BCUT2D eigenvalue weighted by Gasteiger charge is -2.25. The summed E-state index contributed by atoms with van der Waals surface area (Å²) < 4.78 is 25.5. The van der Waals surface area contributed by atoms with Crippen LogP contribution in [0.5, 0.6) is 5.75 Å². The van der Waals surface area contributed by atoms with Crippen LogP contribution in [0, 0.1) is 11.3 Å². The Morgan fingerprint density at radius 2 is 1.85 bits per heavy atom. The van der Waals surface area contributed by atoms with E-state index in [0.717, 1.165) is 6.42 Å². The summed E-state index contributed by atoms with van der Waals surface area (Å²) in [5, 5.41) is 29.4. The summed E-state index contributed by atoms with van der Waals surface area (Å²) in [7, 11) is -4.24. The highest BCUT2D eigenvalue weighted by Crippen LogP contribution is 2.21. The lowest BCUT2D eigenvalue weighted by Crippen LogP contribution is -2.52. The number of carbonyl (C=O) groups is 2. The number of Topliss-reactive ketones (excluding diaryl/α,β-unsaturated/α-hetero) is 1. The van der Waals surface area contributed by atoms with E-state index >= 15 is 0 Å². The number of hydrogen-bond donors (Lipinski definition) is 5. The van der Waals surface area contributed by atoms with Crippen LogP contribution in [0.4, 0.5) is 0 Å². The first kappa shape index (κ1) is 24.3. The van der Waals surface area contributed by atoms with Gasteiger partial charge in [-0.1, -0.05) is 24.3 Å². The van der Waals surface area contributed by atoms with Crippen molar-refractivity contribution < 1.29 is 23.1 Å². The van der Waals surface area contributed by atoms with Gasteiger partial charge >= 0.3 is 0 Å². The van der Waals surface area contributed by atoms with Crippen molar-refractivity contribution in [2.24, 2.45) is 5.14 Å². The zero-order valence-corrected chi connectivity index (χ0v) is 18.5. The van der Waals surface area contributed by atoms with Gasteiger partial charge in [0.15, 0.2) is 5.78 Å². The summed E-state index contributed by atoms with van der Waals surface area (Å²) in [6.07, 6.45) is 1.38. The molecule has 0 saturated carbocycles. The number of benzene rings is 2. The number of hydrogen-bond acceptors (Lipinski definition) is 7. The molecule has 3 rings (SSSR count). The van der Waals surface area contributed by atoms with E-state index in [1.807, 2.05) is 6.07 Å². The SMILES string of the molecule is N#Cc1ccc(C(NC(=O)[C@@H](Cc2ccc(O)cc2)NS(N)(=O)=O)C(=O)[C@@H]2CCCN2)cc1. The third-order valence-corrected chi connectivity index (χ3v) is 5.96. The van der Waals surface area contributed by atoms with Crippen molar-refractivity contribution in [2.75, 3.05) is 6.54 Å². The van der Waals surface area contributed by atoms with Crippen molar-refractivity contribution in [1.82, 2.24) is 15.4 Å². The van der Waals surface area contributed by atoms with Crippen LogP contribution in [0.3, 0.4) is 0 Å². The number of carbonyl (C=O) groups excluding carboxylic acids is 2. The standard InChI is InChI=1S/C22H25N5O5S/c23-13-15-3-7-16(8-4-15)20(21(29)18-2-1-11-25-18)26-22(30)19(27-33(24,31)32)12-14-5-9-17(28)10-6-14/h3-10,18-20,25,27-28H,1-2,11-12H2,(H,26,30)(H2,24,31,32)/t18-,19+,20?/m0/s1. The molecule has 33 heavy (non-hydrogen) atoms. The smallest absolute Gasteiger partial charge is 0.275 e. The van der Waals surface area contributed by atoms with E-state index in [4.69, 9.17) is 10.4 Å². The molecule has 1 aliphatic rings. The Kier molecular flexibility index (Phi) is 7.78. The van der Waals surface area contributed by atoms with Crippen LogP contribution in [-0.2, 0) is 26.2 Å². The Labute approximate surface area is 192 Å². The molecule has 11 heteroatoms. The summed E-state index contributed by atoms with van der Waals surface area (Å²) in [6, 6.07) is 11.4. The Bertz CT molecular complexity index is 1140. The Morgan fingerprint density at radius 1 is 1.18 bits per heavy atom. The second-order valence-corrected chi connectivity index (χ2v) is 9.14. The van der Waals surface area contributed by atoms with Gasteiger partial charge in [0.1, 0.15) is 17.8 Å². The van der Waals surface area contributed by atoms with E-state index in [1.54, 1.807) is 36.4 Å². The van der Waals surface area contributed by atoms with Crippen molar-refractivity contribution >= 4 is 21.9 Å².